The second kappa shape index (κ2) is 7.62. The van der Waals surface area contributed by atoms with Gasteiger partial charge in [0.2, 0.25) is 5.91 Å². The van der Waals surface area contributed by atoms with Crippen LogP contribution >= 0.6 is 0 Å². The summed E-state index contributed by atoms with van der Waals surface area (Å²) in [5.41, 5.74) is 1.06. The lowest BCUT2D eigenvalue weighted by Gasteiger charge is -2.12. The van der Waals surface area contributed by atoms with Crippen molar-refractivity contribution in [3.05, 3.63) is 42.5 Å². The molecular weight excluding hydrogens is 264 g/mol. The number of benzene rings is 1. The van der Waals surface area contributed by atoms with Crippen molar-refractivity contribution < 1.29 is 9.59 Å². The zero-order valence-corrected chi connectivity index (χ0v) is 12.2. The third-order valence-corrected chi connectivity index (χ3v) is 3.80. The molecule has 0 atom stereocenters. The molecule has 0 aromatic heterocycles. The summed E-state index contributed by atoms with van der Waals surface area (Å²) in [7, 11) is 0. The summed E-state index contributed by atoms with van der Waals surface area (Å²) < 4.78 is 0. The fraction of sp³-hybridized carbons (Fsp3) is 0.412. The van der Waals surface area contributed by atoms with Gasteiger partial charge in [0.05, 0.1) is 11.3 Å². The molecule has 0 unspecified atom stereocenters. The molecule has 2 N–H and O–H groups in total. The van der Waals surface area contributed by atoms with Gasteiger partial charge in [-0.1, -0.05) is 31.1 Å². The van der Waals surface area contributed by atoms with Crippen molar-refractivity contribution in [2.45, 2.75) is 32.1 Å². The quantitative estimate of drug-likeness (QED) is 0.789. The zero-order valence-electron chi connectivity index (χ0n) is 12.2. The van der Waals surface area contributed by atoms with E-state index in [1.54, 1.807) is 24.3 Å². The molecule has 1 aliphatic rings. The minimum absolute atomic E-state index is 0.00845. The summed E-state index contributed by atoms with van der Waals surface area (Å²) in [6.07, 6.45) is 6.88. The predicted molar refractivity (Wildman–Crippen MR) is 84.2 cm³/mol. The molecule has 1 fully saturated rings. The number of anilines is 1. The molecule has 0 saturated heterocycles. The number of nitrogens with one attached hydrogen (secondary N) is 2. The summed E-state index contributed by atoms with van der Waals surface area (Å²) in [4.78, 5) is 24.1. The van der Waals surface area contributed by atoms with Gasteiger partial charge in [-0.05, 0) is 30.9 Å². The van der Waals surface area contributed by atoms with Gasteiger partial charge < -0.3 is 10.6 Å². The number of amides is 2. The molecular formula is C17H22N2O2. The molecule has 0 bridgehead atoms. The first-order valence-electron chi connectivity index (χ1n) is 7.48. The van der Waals surface area contributed by atoms with Crippen LogP contribution < -0.4 is 10.6 Å². The van der Waals surface area contributed by atoms with Crippen molar-refractivity contribution in [2.24, 2.45) is 5.92 Å². The lowest BCUT2D eigenvalue weighted by atomic mass is 10.0. The number of hydrogen-bond acceptors (Lipinski definition) is 2. The Bertz CT molecular complexity index is 519. The van der Waals surface area contributed by atoms with E-state index in [1.165, 1.54) is 12.8 Å². The molecule has 4 heteroatoms. The third-order valence-electron chi connectivity index (χ3n) is 3.80. The Morgan fingerprint density at radius 1 is 1.24 bits per heavy atom. The van der Waals surface area contributed by atoms with Crippen LogP contribution in [0.3, 0.4) is 0 Å². The highest BCUT2D eigenvalue weighted by molar-refractivity contribution is 6.03. The fourth-order valence-corrected chi connectivity index (χ4v) is 2.73. The van der Waals surface area contributed by atoms with Crippen molar-refractivity contribution in [3.8, 4) is 0 Å². The predicted octanol–water partition coefficient (Wildman–Crippen LogP) is 3.12. The molecule has 1 aromatic rings. The van der Waals surface area contributed by atoms with E-state index in [0.29, 0.717) is 30.1 Å². The van der Waals surface area contributed by atoms with Gasteiger partial charge in [0, 0.05) is 13.0 Å². The van der Waals surface area contributed by atoms with Crippen LogP contribution in [0, 0.1) is 5.92 Å². The Kier molecular flexibility index (Phi) is 5.55. The second-order valence-electron chi connectivity index (χ2n) is 5.45. The average molecular weight is 286 g/mol. The smallest absolute Gasteiger partial charge is 0.253 e. The Morgan fingerprint density at radius 2 is 1.95 bits per heavy atom. The first-order chi connectivity index (χ1) is 10.2. The molecule has 0 spiro atoms. The van der Waals surface area contributed by atoms with Gasteiger partial charge >= 0.3 is 0 Å². The lowest BCUT2D eigenvalue weighted by molar-refractivity contribution is -0.117. The van der Waals surface area contributed by atoms with Crippen LogP contribution in [0.5, 0.6) is 0 Å². The fourth-order valence-electron chi connectivity index (χ4n) is 2.73. The maximum Gasteiger partial charge on any atom is 0.253 e. The highest BCUT2D eigenvalue weighted by Gasteiger charge is 2.19. The van der Waals surface area contributed by atoms with Crippen molar-refractivity contribution in [2.75, 3.05) is 11.9 Å². The molecule has 1 aromatic carbocycles. The van der Waals surface area contributed by atoms with Crippen LogP contribution in [0.15, 0.2) is 36.9 Å². The van der Waals surface area contributed by atoms with Crippen LogP contribution in [0.25, 0.3) is 0 Å². The Labute approximate surface area is 125 Å². The van der Waals surface area contributed by atoms with Crippen LogP contribution in [0.1, 0.15) is 42.5 Å². The van der Waals surface area contributed by atoms with Gasteiger partial charge in [-0.25, -0.2) is 0 Å². The highest BCUT2D eigenvalue weighted by atomic mass is 16.2. The Balaban J connectivity index is 1.99. The molecule has 2 rings (SSSR count). The van der Waals surface area contributed by atoms with E-state index in [9.17, 15) is 9.59 Å². The first kappa shape index (κ1) is 15.3. The lowest BCUT2D eigenvalue weighted by Crippen LogP contribution is -2.25. The topological polar surface area (TPSA) is 58.2 Å². The van der Waals surface area contributed by atoms with E-state index in [0.717, 1.165) is 12.8 Å². The maximum absolute atomic E-state index is 12.1. The Hall–Kier alpha value is -2.10. The normalized spacial score (nSPS) is 14.7. The number of carbonyl (C=O) groups is 2. The maximum atomic E-state index is 12.1. The minimum atomic E-state index is -0.202. The van der Waals surface area contributed by atoms with E-state index >= 15 is 0 Å². The summed E-state index contributed by atoms with van der Waals surface area (Å²) in [6, 6.07) is 7.07. The SMILES string of the molecule is C=CCNC(=O)c1ccccc1NC(=O)CC1CCCC1. The summed E-state index contributed by atoms with van der Waals surface area (Å²) >= 11 is 0. The van der Waals surface area contributed by atoms with Gasteiger partial charge in [-0.2, -0.15) is 0 Å². The van der Waals surface area contributed by atoms with Crippen LogP contribution in [-0.4, -0.2) is 18.4 Å². The zero-order chi connectivity index (χ0) is 15.1. The minimum Gasteiger partial charge on any atom is -0.349 e. The number of para-hydroxylation sites is 1. The van der Waals surface area contributed by atoms with Gasteiger partial charge in [0.15, 0.2) is 0 Å². The second-order valence-corrected chi connectivity index (χ2v) is 5.45. The molecule has 1 saturated carbocycles. The standard InChI is InChI=1S/C17H22N2O2/c1-2-11-18-17(21)14-9-5-6-10-15(14)19-16(20)12-13-7-3-4-8-13/h2,5-6,9-10,13H,1,3-4,7-8,11-12H2,(H,18,21)(H,19,20). The van der Waals surface area contributed by atoms with Crippen molar-refractivity contribution >= 4 is 17.5 Å². The highest BCUT2D eigenvalue weighted by Crippen LogP contribution is 2.28. The monoisotopic (exact) mass is 286 g/mol. The third kappa shape index (κ3) is 4.45. The van der Waals surface area contributed by atoms with Crippen LogP contribution in [0.4, 0.5) is 5.69 Å². The Morgan fingerprint density at radius 3 is 2.67 bits per heavy atom. The van der Waals surface area contributed by atoms with E-state index in [4.69, 9.17) is 0 Å². The summed E-state index contributed by atoms with van der Waals surface area (Å²) in [5, 5.41) is 5.60. The van der Waals surface area contributed by atoms with Crippen molar-refractivity contribution in [1.82, 2.24) is 5.32 Å². The van der Waals surface area contributed by atoms with E-state index in [-0.39, 0.29) is 11.8 Å². The van der Waals surface area contributed by atoms with Gasteiger partial charge in [-0.15, -0.1) is 6.58 Å². The van der Waals surface area contributed by atoms with Crippen molar-refractivity contribution in [3.63, 3.8) is 0 Å². The molecule has 4 nitrogen and oxygen atoms in total. The van der Waals surface area contributed by atoms with Crippen LogP contribution in [-0.2, 0) is 4.79 Å². The van der Waals surface area contributed by atoms with E-state index in [2.05, 4.69) is 17.2 Å². The average Bonchev–Trinajstić information content (AvgIpc) is 2.98. The molecule has 0 heterocycles. The molecule has 1 aliphatic carbocycles. The molecule has 0 aliphatic heterocycles. The van der Waals surface area contributed by atoms with Gasteiger partial charge in [0.25, 0.3) is 5.91 Å². The number of hydrogen-bond donors (Lipinski definition) is 2. The molecule has 112 valence electrons. The van der Waals surface area contributed by atoms with E-state index < -0.39 is 0 Å². The van der Waals surface area contributed by atoms with Crippen molar-refractivity contribution in [1.29, 1.82) is 0 Å². The number of carbonyl (C=O) groups excluding carboxylic acids is 2. The largest absolute Gasteiger partial charge is 0.349 e. The summed E-state index contributed by atoms with van der Waals surface area (Å²) in [6.45, 7) is 3.98. The number of rotatable bonds is 6. The van der Waals surface area contributed by atoms with E-state index in [1.807, 2.05) is 6.07 Å². The molecule has 0 radical (unpaired) electrons. The molecule has 2 amide bonds. The van der Waals surface area contributed by atoms with Gasteiger partial charge in [-0.3, -0.25) is 9.59 Å². The molecule has 21 heavy (non-hydrogen) atoms. The summed E-state index contributed by atoms with van der Waals surface area (Å²) in [5.74, 6) is 0.282. The van der Waals surface area contributed by atoms with Crippen LogP contribution in [0.2, 0.25) is 0 Å². The van der Waals surface area contributed by atoms with Gasteiger partial charge in [0.1, 0.15) is 0 Å². The first-order valence-corrected chi connectivity index (χ1v) is 7.48.